The van der Waals surface area contributed by atoms with Gasteiger partial charge in [-0.25, -0.2) is 0 Å². The Kier molecular flexibility index (Phi) is 2.48. The largest absolute Gasteiger partial charge is 0.495 e. The van der Waals surface area contributed by atoms with Gasteiger partial charge in [-0.1, -0.05) is 12.1 Å². The highest BCUT2D eigenvalue weighted by atomic mass is 16.5. The monoisotopic (exact) mass is 217 g/mol. The lowest BCUT2D eigenvalue weighted by Crippen LogP contribution is -2.14. The molecule has 0 fully saturated rings. The number of ether oxygens (including phenoxy) is 1. The standard InChI is InChI=1S/C12H11NO3/c1-7-8-4-3-5-10(16-2)11(8)13-12(15)9(7)6-14/h3-6H,1-2H3,(H,13,15). The highest BCUT2D eigenvalue weighted by Crippen LogP contribution is 2.25. The number of hydrogen-bond acceptors (Lipinski definition) is 3. The number of methoxy groups -OCH3 is 1. The van der Waals surface area contributed by atoms with Crippen LogP contribution in [0.5, 0.6) is 5.75 Å². The van der Waals surface area contributed by atoms with Crippen molar-refractivity contribution in [3.8, 4) is 5.75 Å². The summed E-state index contributed by atoms with van der Waals surface area (Å²) in [6.07, 6.45) is 0.576. The Bertz CT molecular complexity index is 613. The Morgan fingerprint density at radius 1 is 1.38 bits per heavy atom. The molecule has 1 N–H and O–H groups in total. The molecule has 2 aromatic rings. The Balaban J connectivity index is 2.97. The molecular weight excluding hydrogens is 206 g/mol. The maximum Gasteiger partial charge on any atom is 0.259 e. The normalized spacial score (nSPS) is 10.4. The first-order valence-electron chi connectivity index (χ1n) is 4.83. The molecule has 0 unspecified atom stereocenters. The predicted octanol–water partition coefficient (Wildman–Crippen LogP) is 1.66. The minimum absolute atomic E-state index is 0.167. The highest BCUT2D eigenvalue weighted by molar-refractivity contribution is 5.92. The Labute approximate surface area is 91.9 Å². The van der Waals surface area contributed by atoms with E-state index in [-0.39, 0.29) is 11.1 Å². The summed E-state index contributed by atoms with van der Waals surface area (Å²) in [5.41, 5.74) is 1.08. The molecule has 4 heteroatoms. The summed E-state index contributed by atoms with van der Waals surface area (Å²) >= 11 is 0. The molecule has 0 aliphatic carbocycles. The summed E-state index contributed by atoms with van der Waals surface area (Å²) in [5, 5.41) is 0.820. The molecule has 0 aliphatic rings. The summed E-state index contributed by atoms with van der Waals surface area (Å²) in [6.45, 7) is 1.75. The Hall–Kier alpha value is -2.10. The Morgan fingerprint density at radius 2 is 2.12 bits per heavy atom. The van der Waals surface area contributed by atoms with Crippen LogP contribution in [-0.2, 0) is 0 Å². The molecule has 1 heterocycles. The van der Waals surface area contributed by atoms with E-state index in [9.17, 15) is 9.59 Å². The van der Waals surface area contributed by atoms with Gasteiger partial charge in [0.25, 0.3) is 5.56 Å². The lowest BCUT2D eigenvalue weighted by Gasteiger charge is -2.08. The van der Waals surface area contributed by atoms with Gasteiger partial charge in [-0.3, -0.25) is 9.59 Å². The third kappa shape index (κ3) is 1.39. The average Bonchev–Trinajstić information content (AvgIpc) is 2.29. The summed E-state index contributed by atoms with van der Waals surface area (Å²) in [5.74, 6) is 0.593. The van der Waals surface area contributed by atoms with Crippen molar-refractivity contribution in [2.24, 2.45) is 0 Å². The number of fused-ring (bicyclic) bond motifs is 1. The van der Waals surface area contributed by atoms with Crippen LogP contribution in [-0.4, -0.2) is 18.4 Å². The van der Waals surface area contributed by atoms with E-state index in [0.29, 0.717) is 23.1 Å². The van der Waals surface area contributed by atoms with Gasteiger partial charge in [-0.15, -0.1) is 0 Å². The molecule has 1 aromatic heterocycles. The molecular formula is C12H11NO3. The van der Waals surface area contributed by atoms with Gasteiger partial charge >= 0.3 is 0 Å². The van der Waals surface area contributed by atoms with Crippen molar-refractivity contribution in [1.29, 1.82) is 0 Å². The quantitative estimate of drug-likeness (QED) is 0.778. The molecule has 0 amide bonds. The molecule has 0 aliphatic heterocycles. The van der Waals surface area contributed by atoms with Crippen LogP contribution < -0.4 is 10.3 Å². The fourth-order valence-corrected chi connectivity index (χ4v) is 1.78. The maximum atomic E-state index is 11.6. The van der Waals surface area contributed by atoms with E-state index in [1.165, 1.54) is 7.11 Å². The first kappa shape index (κ1) is 10.4. The van der Waals surface area contributed by atoms with Gasteiger partial charge in [0, 0.05) is 5.39 Å². The summed E-state index contributed by atoms with van der Waals surface area (Å²) in [6, 6.07) is 5.43. The zero-order valence-corrected chi connectivity index (χ0v) is 9.03. The van der Waals surface area contributed by atoms with Gasteiger partial charge in [0.2, 0.25) is 0 Å². The Morgan fingerprint density at radius 3 is 2.75 bits per heavy atom. The number of hydrogen-bond donors (Lipinski definition) is 1. The van der Waals surface area contributed by atoms with E-state index < -0.39 is 0 Å². The molecule has 2 rings (SSSR count). The zero-order chi connectivity index (χ0) is 11.7. The number of nitrogens with one attached hydrogen (secondary N) is 1. The highest BCUT2D eigenvalue weighted by Gasteiger charge is 2.10. The number of pyridine rings is 1. The average molecular weight is 217 g/mol. The molecule has 0 atom stereocenters. The SMILES string of the molecule is COc1cccc2c(C)c(C=O)c(=O)[nH]c12. The number of aromatic amines is 1. The molecule has 1 aromatic carbocycles. The van der Waals surface area contributed by atoms with E-state index in [1.807, 2.05) is 12.1 Å². The number of rotatable bonds is 2. The molecule has 0 radical (unpaired) electrons. The van der Waals surface area contributed by atoms with E-state index in [2.05, 4.69) is 4.98 Å². The molecule has 82 valence electrons. The van der Waals surface area contributed by atoms with Crippen LogP contribution in [0.4, 0.5) is 0 Å². The smallest absolute Gasteiger partial charge is 0.259 e. The van der Waals surface area contributed by atoms with Crippen molar-refractivity contribution in [3.05, 3.63) is 39.7 Å². The zero-order valence-electron chi connectivity index (χ0n) is 9.03. The third-order valence-corrected chi connectivity index (χ3v) is 2.66. The number of benzene rings is 1. The number of carbonyl (C=O) groups is 1. The summed E-state index contributed by atoms with van der Waals surface area (Å²) < 4.78 is 5.15. The lowest BCUT2D eigenvalue weighted by molar-refractivity contribution is 0.112. The van der Waals surface area contributed by atoms with E-state index in [1.54, 1.807) is 13.0 Å². The van der Waals surface area contributed by atoms with E-state index >= 15 is 0 Å². The fraction of sp³-hybridized carbons (Fsp3) is 0.167. The van der Waals surface area contributed by atoms with Gasteiger partial charge in [0.15, 0.2) is 6.29 Å². The number of aldehydes is 1. The summed E-state index contributed by atoms with van der Waals surface area (Å²) in [7, 11) is 1.54. The van der Waals surface area contributed by atoms with Crippen molar-refractivity contribution >= 4 is 17.2 Å². The van der Waals surface area contributed by atoms with Crippen molar-refractivity contribution in [2.45, 2.75) is 6.92 Å². The minimum Gasteiger partial charge on any atom is -0.495 e. The van der Waals surface area contributed by atoms with Gasteiger partial charge < -0.3 is 9.72 Å². The van der Waals surface area contributed by atoms with Crippen LogP contribution in [0.2, 0.25) is 0 Å². The van der Waals surface area contributed by atoms with Crippen LogP contribution in [0, 0.1) is 6.92 Å². The topological polar surface area (TPSA) is 59.2 Å². The number of carbonyl (C=O) groups excluding carboxylic acids is 1. The molecule has 0 bridgehead atoms. The fourth-order valence-electron chi connectivity index (χ4n) is 1.78. The number of aryl methyl sites for hydroxylation is 1. The first-order valence-corrected chi connectivity index (χ1v) is 4.83. The second kappa shape index (κ2) is 3.81. The lowest BCUT2D eigenvalue weighted by atomic mass is 10.1. The second-order valence-electron chi connectivity index (χ2n) is 3.49. The maximum absolute atomic E-state index is 11.6. The van der Waals surface area contributed by atoms with Crippen molar-refractivity contribution < 1.29 is 9.53 Å². The molecule has 0 saturated heterocycles. The van der Waals surface area contributed by atoms with Gasteiger partial charge in [-0.2, -0.15) is 0 Å². The second-order valence-corrected chi connectivity index (χ2v) is 3.49. The van der Waals surface area contributed by atoms with Gasteiger partial charge in [0.05, 0.1) is 18.2 Å². The minimum atomic E-state index is -0.385. The molecule has 0 spiro atoms. The van der Waals surface area contributed by atoms with Crippen LogP contribution >= 0.6 is 0 Å². The van der Waals surface area contributed by atoms with Crippen LogP contribution in [0.3, 0.4) is 0 Å². The van der Waals surface area contributed by atoms with Crippen molar-refractivity contribution in [2.75, 3.05) is 7.11 Å². The van der Waals surface area contributed by atoms with Crippen molar-refractivity contribution in [3.63, 3.8) is 0 Å². The van der Waals surface area contributed by atoms with Crippen molar-refractivity contribution in [1.82, 2.24) is 4.98 Å². The van der Waals surface area contributed by atoms with Crippen LogP contribution in [0.1, 0.15) is 15.9 Å². The third-order valence-electron chi connectivity index (χ3n) is 2.66. The number of para-hydroxylation sites is 1. The van der Waals surface area contributed by atoms with E-state index in [0.717, 1.165) is 5.39 Å². The predicted molar refractivity (Wildman–Crippen MR) is 61.2 cm³/mol. The number of aromatic nitrogens is 1. The molecule has 0 saturated carbocycles. The van der Waals surface area contributed by atoms with Gasteiger partial charge in [-0.05, 0) is 18.6 Å². The van der Waals surface area contributed by atoms with Crippen LogP contribution in [0.15, 0.2) is 23.0 Å². The summed E-state index contributed by atoms with van der Waals surface area (Å²) in [4.78, 5) is 25.1. The van der Waals surface area contributed by atoms with Crippen LogP contribution in [0.25, 0.3) is 10.9 Å². The first-order chi connectivity index (χ1) is 7.69. The number of H-pyrrole nitrogens is 1. The molecule has 16 heavy (non-hydrogen) atoms. The van der Waals surface area contributed by atoms with Gasteiger partial charge in [0.1, 0.15) is 5.75 Å². The van der Waals surface area contributed by atoms with E-state index in [4.69, 9.17) is 4.74 Å². The molecule has 4 nitrogen and oxygen atoms in total.